The van der Waals surface area contributed by atoms with E-state index < -0.39 is 0 Å². The molecule has 1 amide bonds. The minimum atomic E-state index is -0.350. The normalized spacial score (nSPS) is 22.6. The van der Waals surface area contributed by atoms with Crippen molar-refractivity contribution in [3.05, 3.63) is 24.5 Å². The molecule has 0 aromatic carbocycles. The van der Waals surface area contributed by atoms with Crippen LogP contribution in [-0.4, -0.2) is 23.8 Å². The Balaban J connectivity index is 2.23. The molecule has 20 heavy (non-hydrogen) atoms. The quantitative estimate of drug-likeness (QED) is 0.400. The maximum absolute atomic E-state index is 11.6. The van der Waals surface area contributed by atoms with Gasteiger partial charge in [0.25, 0.3) is 0 Å². The molecule has 0 radical (unpaired) electrons. The van der Waals surface area contributed by atoms with Gasteiger partial charge in [-0.25, -0.2) is 4.79 Å². The number of aliphatic hydroxyl groups is 1. The number of nitrogens with one attached hydrogen (secondary N) is 1. The van der Waals surface area contributed by atoms with Gasteiger partial charge in [0.15, 0.2) is 0 Å². The zero-order valence-corrected chi connectivity index (χ0v) is 12.4. The van der Waals surface area contributed by atoms with Crippen molar-refractivity contribution in [3.8, 4) is 0 Å². The van der Waals surface area contributed by atoms with E-state index in [1.54, 1.807) is 0 Å². The molecule has 1 fully saturated rings. The number of hydrogen-bond donors (Lipinski definition) is 2. The molecule has 0 saturated heterocycles. The van der Waals surface area contributed by atoms with Crippen LogP contribution in [0.3, 0.4) is 0 Å². The van der Waals surface area contributed by atoms with Crippen LogP contribution < -0.4 is 5.32 Å². The van der Waals surface area contributed by atoms with Crippen molar-refractivity contribution in [2.45, 2.75) is 57.9 Å². The summed E-state index contributed by atoms with van der Waals surface area (Å²) < 4.78 is 5.09. The van der Waals surface area contributed by atoms with Crippen LogP contribution in [0.15, 0.2) is 24.5 Å². The summed E-state index contributed by atoms with van der Waals surface area (Å²) in [6.07, 6.45) is 9.60. The number of aliphatic hydroxyl groups excluding tert-OH is 1. The fourth-order valence-corrected chi connectivity index (χ4v) is 2.44. The van der Waals surface area contributed by atoms with E-state index >= 15 is 0 Å². The average Bonchev–Trinajstić information content (AvgIpc) is 2.89. The molecule has 114 valence electrons. The highest BCUT2D eigenvalue weighted by Gasteiger charge is 2.28. The molecule has 1 aliphatic carbocycles. The zero-order chi connectivity index (χ0) is 14.8. The SMILES string of the molecule is C=CCCCOC(=O)NC1CCC(C(O)=CCCC)C1. The van der Waals surface area contributed by atoms with Crippen molar-refractivity contribution in [2.24, 2.45) is 5.92 Å². The maximum Gasteiger partial charge on any atom is 0.407 e. The van der Waals surface area contributed by atoms with Crippen molar-refractivity contribution in [1.29, 1.82) is 0 Å². The predicted molar refractivity (Wildman–Crippen MR) is 80.7 cm³/mol. The molecule has 0 bridgehead atoms. The molecule has 4 heteroatoms. The minimum absolute atomic E-state index is 0.115. The topological polar surface area (TPSA) is 58.6 Å². The molecule has 1 saturated carbocycles. The highest BCUT2D eigenvalue weighted by atomic mass is 16.5. The van der Waals surface area contributed by atoms with E-state index in [2.05, 4.69) is 18.8 Å². The van der Waals surface area contributed by atoms with E-state index in [0.29, 0.717) is 12.4 Å². The fourth-order valence-electron chi connectivity index (χ4n) is 2.44. The Morgan fingerprint density at radius 1 is 1.45 bits per heavy atom. The first kappa shape index (κ1) is 16.6. The van der Waals surface area contributed by atoms with Crippen LogP contribution in [0.5, 0.6) is 0 Å². The number of carbonyl (C=O) groups excluding carboxylic acids is 1. The van der Waals surface area contributed by atoms with Gasteiger partial charge < -0.3 is 15.2 Å². The largest absolute Gasteiger partial charge is 0.512 e. The summed E-state index contributed by atoms with van der Waals surface area (Å²) >= 11 is 0. The Labute approximate surface area is 121 Å². The molecule has 4 nitrogen and oxygen atoms in total. The smallest absolute Gasteiger partial charge is 0.407 e. The van der Waals surface area contributed by atoms with Gasteiger partial charge in [0, 0.05) is 12.0 Å². The summed E-state index contributed by atoms with van der Waals surface area (Å²) in [6, 6.07) is 0.115. The third kappa shape index (κ3) is 6.13. The highest BCUT2D eigenvalue weighted by molar-refractivity contribution is 5.67. The summed E-state index contributed by atoms with van der Waals surface area (Å²) in [5, 5.41) is 12.8. The summed E-state index contributed by atoms with van der Waals surface area (Å²) in [6.45, 7) is 6.14. The number of amides is 1. The van der Waals surface area contributed by atoms with Gasteiger partial charge in [0.05, 0.1) is 12.4 Å². The number of hydrogen-bond acceptors (Lipinski definition) is 3. The van der Waals surface area contributed by atoms with Crippen LogP contribution in [0.2, 0.25) is 0 Å². The van der Waals surface area contributed by atoms with Crippen molar-refractivity contribution in [3.63, 3.8) is 0 Å². The Bertz CT molecular complexity index is 339. The van der Waals surface area contributed by atoms with Crippen LogP contribution in [0, 0.1) is 5.92 Å². The number of ether oxygens (including phenoxy) is 1. The van der Waals surface area contributed by atoms with Gasteiger partial charge in [-0.1, -0.05) is 19.4 Å². The fraction of sp³-hybridized carbons (Fsp3) is 0.688. The van der Waals surface area contributed by atoms with Crippen molar-refractivity contribution >= 4 is 6.09 Å². The summed E-state index contributed by atoms with van der Waals surface area (Å²) in [4.78, 5) is 11.6. The first-order chi connectivity index (χ1) is 9.67. The standard InChI is InChI=1S/C16H27NO3/c1-3-5-7-11-20-16(19)17-14-10-9-13(12-14)15(18)8-6-4-2/h3,8,13-14,18H,1,4-7,9-12H2,2H3,(H,17,19). The van der Waals surface area contributed by atoms with Gasteiger partial charge in [0.1, 0.15) is 0 Å². The zero-order valence-electron chi connectivity index (χ0n) is 12.4. The minimum Gasteiger partial charge on any atom is -0.512 e. The van der Waals surface area contributed by atoms with Crippen LogP contribution in [0.25, 0.3) is 0 Å². The monoisotopic (exact) mass is 281 g/mol. The number of rotatable bonds is 8. The van der Waals surface area contributed by atoms with E-state index in [9.17, 15) is 9.90 Å². The van der Waals surface area contributed by atoms with Crippen molar-refractivity contribution in [1.82, 2.24) is 5.32 Å². The van der Waals surface area contributed by atoms with E-state index in [4.69, 9.17) is 4.74 Å². The lowest BCUT2D eigenvalue weighted by atomic mass is 10.0. The van der Waals surface area contributed by atoms with Crippen molar-refractivity contribution < 1.29 is 14.6 Å². The van der Waals surface area contributed by atoms with E-state index in [1.807, 2.05) is 12.2 Å². The molecule has 2 atom stereocenters. The summed E-state index contributed by atoms with van der Waals surface area (Å²) in [5.74, 6) is 0.670. The first-order valence-electron chi connectivity index (χ1n) is 7.60. The summed E-state index contributed by atoms with van der Waals surface area (Å²) in [7, 11) is 0. The predicted octanol–water partition coefficient (Wildman–Crippen LogP) is 4.09. The van der Waals surface area contributed by atoms with Gasteiger partial charge in [-0.2, -0.15) is 0 Å². The van der Waals surface area contributed by atoms with Crippen LogP contribution in [0.1, 0.15) is 51.9 Å². The lowest BCUT2D eigenvalue weighted by Gasteiger charge is -2.13. The lowest BCUT2D eigenvalue weighted by Crippen LogP contribution is -2.33. The average molecular weight is 281 g/mol. The molecule has 2 N–H and O–H groups in total. The molecule has 0 spiro atoms. The molecule has 0 aliphatic heterocycles. The molecule has 2 unspecified atom stereocenters. The molecule has 0 heterocycles. The van der Waals surface area contributed by atoms with Crippen LogP contribution in [-0.2, 0) is 4.74 Å². The number of alkyl carbamates (subject to hydrolysis) is 1. The second-order valence-electron chi connectivity index (χ2n) is 5.34. The maximum atomic E-state index is 11.6. The Hall–Kier alpha value is -1.45. The van der Waals surface area contributed by atoms with Crippen LogP contribution in [0.4, 0.5) is 4.79 Å². The van der Waals surface area contributed by atoms with Gasteiger partial charge in [-0.15, -0.1) is 6.58 Å². The highest BCUT2D eigenvalue weighted by Crippen LogP contribution is 2.30. The van der Waals surface area contributed by atoms with Gasteiger partial charge in [0.2, 0.25) is 0 Å². The van der Waals surface area contributed by atoms with Gasteiger partial charge in [-0.3, -0.25) is 0 Å². The van der Waals surface area contributed by atoms with E-state index in [1.165, 1.54) is 0 Å². The number of allylic oxidation sites excluding steroid dienone is 3. The molecule has 1 rings (SSSR count). The van der Waals surface area contributed by atoms with Crippen LogP contribution >= 0.6 is 0 Å². The molecule has 0 aromatic heterocycles. The van der Waals surface area contributed by atoms with E-state index in [0.717, 1.165) is 44.9 Å². The Kier molecular flexibility index (Phi) is 7.85. The third-order valence-corrected chi connectivity index (χ3v) is 3.60. The third-order valence-electron chi connectivity index (χ3n) is 3.60. The Morgan fingerprint density at radius 2 is 2.25 bits per heavy atom. The Morgan fingerprint density at radius 3 is 2.95 bits per heavy atom. The first-order valence-corrected chi connectivity index (χ1v) is 7.60. The second kappa shape index (κ2) is 9.45. The number of unbranched alkanes of at least 4 members (excludes halogenated alkanes) is 2. The molecule has 1 aliphatic rings. The number of carbonyl (C=O) groups is 1. The second-order valence-corrected chi connectivity index (χ2v) is 5.34. The molecular formula is C16H27NO3. The lowest BCUT2D eigenvalue weighted by molar-refractivity contribution is 0.141. The molecule has 0 aromatic rings. The van der Waals surface area contributed by atoms with Gasteiger partial charge >= 0.3 is 6.09 Å². The summed E-state index contributed by atoms with van der Waals surface area (Å²) in [5.41, 5.74) is 0. The van der Waals surface area contributed by atoms with Gasteiger partial charge in [-0.05, 0) is 44.6 Å². The van der Waals surface area contributed by atoms with Crippen molar-refractivity contribution in [2.75, 3.05) is 6.61 Å². The van der Waals surface area contributed by atoms with E-state index in [-0.39, 0.29) is 18.1 Å². The molecular weight excluding hydrogens is 254 g/mol.